The molecule has 2 aliphatic rings. The third-order valence-electron chi connectivity index (χ3n) is 3.61. The third kappa shape index (κ3) is 1.60. The predicted octanol–water partition coefficient (Wildman–Crippen LogP) is 1.89. The van der Waals surface area contributed by atoms with Crippen molar-refractivity contribution in [2.75, 3.05) is 4.72 Å². The number of aryl methyl sites for hydroxylation is 1. The van der Waals surface area contributed by atoms with Crippen LogP contribution >= 0.6 is 11.3 Å². The molecule has 1 aliphatic heterocycles. The predicted molar refractivity (Wildman–Crippen MR) is 80.4 cm³/mol. The molecule has 0 amide bonds. The van der Waals surface area contributed by atoms with Crippen LogP contribution in [0.3, 0.4) is 0 Å². The van der Waals surface area contributed by atoms with Crippen LogP contribution < -0.4 is 10.5 Å². The minimum atomic E-state index is -3.70. The summed E-state index contributed by atoms with van der Waals surface area (Å²) in [4.78, 5) is 1.10. The number of benzene rings is 1. The van der Waals surface area contributed by atoms with Gasteiger partial charge in [0.25, 0.3) is 0 Å². The summed E-state index contributed by atoms with van der Waals surface area (Å²) in [5.74, 6) is 0.0932. The molecule has 1 aliphatic carbocycles. The average molecular weight is 305 g/mol. The maximum Gasteiger partial charge on any atom is 0.344 e. The largest absolute Gasteiger partial charge is 0.382 e. The highest BCUT2D eigenvalue weighted by molar-refractivity contribution is 7.92. The Morgan fingerprint density at radius 3 is 2.90 bits per heavy atom. The molecule has 5 nitrogen and oxygen atoms in total. The van der Waals surface area contributed by atoms with Crippen molar-refractivity contribution in [3.05, 3.63) is 41.0 Å². The van der Waals surface area contributed by atoms with E-state index in [2.05, 4.69) is 21.3 Å². The third-order valence-corrected chi connectivity index (χ3v) is 5.82. The molecule has 2 heterocycles. The van der Waals surface area contributed by atoms with Crippen molar-refractivity contribution in [1.82, 2.24) is 0 Å². The van der Waals surface area contributed by atoms with E-state index in [0.717, 1.165) is 28.8 Å². The van der Waals surface area contributed by atoms with Crippen molar-refractivity contribution < 1.29 is 8.42 Å². The smallest absolute Gasteiger partial charge is 0.344 e. The standard InChI is InChI=1S/C13H11N3O2S2/c14-12-10-9-6-5-7-3-1-2-4-8(7)11(9)19-13(10)16-20(17,18)15-12/h1-4,16H,5-6H2,(H2,14,15). The van der Waals surface area contributed by atoms with Crippen molar-refractivity contribution in [2.45, 2.75) is 12.8 Å². The van der Waals surface area contributed by atoms with Gasteiger partial charge in [0.2, 0.25) is 0 Å². The molecule has 3 N–H and O–H groups in total. The van der Waals surface area contributed by atoms with Crippen LogP contribution in [0.15, 0.2) is 28.7 Å². The molecule has 0 bridgehead atoms. The van der Waals surface area contributed by atoms with E-state index in [1.807, 2.05) is 12.1 Å². The first-order valence-corrected chi connectivity index (χ1v) is 8.43. The molecular weight excluding hydrogens is 294 g/mol. The Labute approximate surface area is 120 Å². The van der Waals surface area contributed by atoms with Gasteiger partial charge in [0.1, 0.15) is 10.8 Å². The summed E-state index contributed by atoms with van der Waals surface area (Å²) >= 11 is 1.44. The number of hydrogen-bond acceptors (Lipinski definition) is 4. The van der Waals surface area contributed by atoms with Gasteiger partial charge in [-0.05, 0) is 29.5 Å². The second kappa shape index (κ2) is 3.83. The number of nitrogens with one attached hydrogen (secondary N) is 1. The van der Waals surface area contributed by atoms with Crippen molar-refractivity contribution in [2.24, 2.45) is 10.1 Å². The zero-order chi connectivity index (χ0) is 13.9. The summed E-state index contributed by atoms with van der Waals surface area (Å²) in [6.45, 7) is 0. The van der Waals surface area contributed by atoms with E-state index < -0.39 is 10.2 Å². The lowest BCUT2D eigenvalue weighted by Gasteiger charge is -2.17. The van der Waals surface area contributed by atoms with Crippen LogP contribution in [0, 0.1) is 0 Å². The van der Waals surface area contributed by atoms with Gasteiger partial charge in [0.15, 0.2) is 0 Å². The maximum absolute atomic E-state index is 11.6. The molecular formula is C13H11N3O2S2. The average Bonchev–Trinajstić information content (AvgIpc) is 2.75. The molecule has 0 saturated heterocycles. The Morgan fingerprint density at radius 2 is 2.05 bits per heavy atom. The van der Waals surface area contributed by atoms with Gasteiger partial charge in [0.05, 0.1) is 5.56 Å². The molecule has 2 aromatic rings. The highest BCUT2D eigenvalue weighted by Crippen LogP contribution is 2.46. The first-order chi connectivity index (χ1) is 9.55. The molecule has 0 unspecified atom stereocenters. The van der Waals surface area contributed by atoms with Gasteiger partial charge in [-0.2, -0.15) is 8.42 Å². The lowest BCUT2D eigenvalue weighted by atomic mass is 9.89. The molecule has 0 radical (unpaired) electrons. The molecule has 1 aromatic heterocycles. The Hall–Kier alpha value is -1.86. The van der Waals surface area contributed by atoms with Crippen LogP contribution in [0.4, 0.5) is 5.00 Å². The summed E-state index contributed by atoms with van der Waals surface area (Å²) < 4.78 is 29.3. The van der Waals surface area contributed by atoms with Crippen molar-refractivity contribution in [3.8, 4) is 10.4 Å². The molecule has 0 atom stereocenters. The van der Waals surface area contributed by atoms with Crippen molar-refractivity contribution in [1.29, 1.82) is 0 Å². The lowest BCUT2D eigenvalue weighted by molar-refractivity contribution is 0.603. The lowest BCUT2D eigenvalue weighted by Crippen LogP contribution is -2.26. The monoisotopic (exact) mass is 305 g/mol. The normalized spacial score (nSPS) is 18.3. The van der Waals surface area contributed by atoms with Crippen LogP contribution in [-0.2, 0) is 23.1 Å². The topological polar surface area (TPSA) is 84.5 Å². The molecule has 0 saturated carbocycles. The first-order valence-electron chi connectivity index (χ1n) is 6.18. The maximum atomic E-state index is 11.6. The van der Waals surface area contributed by atoms with Crippen LogP contribution in [-0.4, -0.2) is 14.3 Å². The molecule has 102 valence electrons. The number of thiophene rings is 1. The van der Waals surface area contributed by atoms with Crippen molar-refractivity contribution >= 4 is 32.4 Å². The summed E-state index contributed by atoms with van der Waals surface area (Å²) in [5, 5.41) is 0.583. The second-order valence-corrected chi connectivity index (χ2v) is 7.18. The zero-order valence-electron chi connectivity index (χ0n) is 10.4. The van der Waals surface area contributed by atoms with Gasteiger partial charge in [-0.1, -0.05) is 24.3 Å². The fourth-order valence-corrected chi connectivity index (χ4v) is 5.18. The van der Waals surface area contributed by atoms with E-state index in [1.54, 1.807) is 0 Å². The van der Waals surface area contributed by atoms with Gasteiger partial charge in [-0.25, -0.2) is 0 Å². The van der Waals surface area contributed by atoms with E-state index >= 15 is 0 Å². The molecule has 1 aromatic carbocycles. The number of nitrogens with two attached hydrogens (primary N) is 1. The van der Waals surface area contributed by atoms with Gasteiger partial charge in [0, 0.05) is 4.88 Å². The number of nitrogens with zero attached hydrogens (tertiary/aromatic N) is 1. The van der Waals surface area contributed by atoms with Gasteiger partial charge >= 0.3 is 10.2 Å². The Balaban J connectivity index is 2.00. The fourth-order valence-electron chi connectivity index (χ4n) is 2.80. The quantitative estimate of drug-likeness (QED) is 0.779. The summed E-state index contributed by atoms with van der Waals surface area (Å²) in [7, 11) is -3.70. The number of fused-ring (bicyclic) bond motifs is 5. The number of hydrogen-bond donors (Lipinski definition) is 2. The minimum absolute atomic E-state index is 0.0932. The zero-order valence-corrected chi connectivity index (χ0v) is 12.0. The molecule has 20 heavy (non-hydrogen) atoms. The molecule has 4 rings (SSSR count). The summed E-state index contributed by atoms with van der Waals surface area (Å²) in [6.07, 6.45) is 1.79. The van der Waals surface area contributed by atoms with E-state index in [9.17, 15) is 8.42 Å². The Bertz CT molecular complexity index is 866. The van der Waals surface area contributed by atoms with Gasteiger partial charge in [-0.15, -0.1) is 15.7 Å². The number of rotatable bonds is 0. The van der Waals surface area contributed by atoms with E-state index in [0.29, 0.717) is 5.00 Å². The number of anilines is 1. The summed E-state index contributed by atoms with van der Waals surface area (Å²) in [5.41, 5.74) is 10.2. The molecule has 0 spiro atoms. The Morgan fingerprint density at radius 1 is 1.25 bits per heavy atom. The van der Waals surface area contributed by atoms with Crippen LogP contribution in [0.2, 0.25) is 0 Å². The van der Waals surface area contributed by atoms with E-state index in [4.69, 9.17) is 5.73 Å². The second-order valence-electron chi connectivity index (χ2n) is 4.82. The van der Waals surface area contributed by atoms with Gasteiger partial charge < -0.3 is 5.73 Å². The van der Waals surface area contributed by atoms with E-state index in [-0.39, 0.29) is 5.84 Å². The molecule has 7 heteroatoms. The Kier molecular flexibility index (Phi) is 2.28. The first kappa shape index (κ1) is 11.9. The highest BCUT2D eigenvalue weighted by atomic mass is 32.2. The van der Waals surface area contributed by atoms with Crippen LogP contribution in [0.25, 0.3) is 10.4 Å². The van der Waals surface area contributed by atoms with Gasteiger partial charge in [-0.3, -0.25) is 4.72 Å². The molecule has 0 fully saturated rings. The fraction of sp³-hybridized carbons (Fsp3) is 0.154. The van der Waals surface area contributed by atoms with Crippen LogP contribution in [0.5, 0.6) is 0 Å². The SMILES string of the molecule is NC1=NS(=O)(=O)Nc2sc3c(c21)CCc1ccccc1-3. The van der Waals surface area contributed by atoms with Crippen molar-refractivity contribution in [3.63, 3.8) is 0 Å². The van der Waals surface area contributed by atoms with E-state index in [1.165, 1.54) is 22.5 Å². The minimum Gasteiger partial charge on any atom is -0.382 e. The number of amidine groups is 1. The summed E-state index contributed by atoms with van der Waals surface area (Å²) in [6, 6.07) is 8.19. The highest BCUT2D eigenvalue weighted by Gasteiger charge is 2.31. The van der Waals surface area contributed by atoms with Crippen LogP contribution in [0.1, 0.15) is 16.7 Å².